The summed E-state index contributed by atoms with van der Waals surface area (Å²) in [5.74, 6) is 0.819. The fraction of sp³-hybridized carbons (Fsp3) is 0.462. The van der Waals surface area contributed by atoms with E-state index in [4.69, 9.17) is 21.6 Å². The Balaban J connectivity index is 2.27. The third kappa shape index (κ3) is 4.55. The topological polar surface area (TPSA) is 33.0 Å². The smallest absolute Gasteiger partial charge is 0.119 e. The van der Waals surface area contributed by atoms with Crippen molar-refractivity contribution in [1.29, 1.82) is 5.26 Å². The zero-order valence-electron chi connectivity index (χ0n) is 9.66. The Labute approximate surface area is 102 Å². The lowest BCUT2D eigenvalue weighted by Gasteiger charge is -2.14. The number of nitriles is 1. The van der Waals surface area contributed by atoms with Crippen molar-refractivity contribution < 1.29 is 4.74 Å². The van der Waals surface area contributed by atoms with Gasteiger partial charge in [-0.15, -0.1) is 0 Å². The Morgan fingerprint density at radius 2 is 1.94 bits per heavy atom. The van der Waals surface area contributed by atoms with Crippen molar-refractivity contribution in [2.24, 2.45) is 5.41 Å². The van der Waals surface area contributed by atoms with E-state index in [-0.39, 0.29) is 5.41 Å². The standard InChI is InChI=1S/C13H16ClNO/c1-13(2,10-15)8-3-9-16-12-6-4-11(14)5-7-12/h4-7H,3,8-9H2,1-2H3. The van der Waals surface area contributed by atoms with Crippen LogP contribution in [0.1, 0.15) is 26.7 Å². The Morgan fingerprint density at radius 1 is 1.31 bits per heavy atom. The molecule has 3 heteroatoms. The third-order valence-electron chi connectivity index (χ3n) is 2.33. The highest BCUT2D eigenvalue weighted by molar-refractivity contribution is 6.30. The van der Waals surface area contributed by atoms with E-state index >= 15 is 0 Å². The molecule has 86 valence electrons. The van der Waals surface area contributed by atoms with Gasteiger partial charge in [0.05, 0.1) is 18.1 Å². The maximum Gasteiger partial charge on any atom is 0.119 e. The van der Waals surface area contributed by atoms with Gasteiger partial charge in [0, 0.05) is 5.02 Å². The third-order valence-corrected chi connectivity index (χ3v) is 2.58. The predicted molar refractivity (Wildman–Crippen MR) is 65.6 cm³/mol. The number of ether oxygens (including phenoxy) is 1. The largest absolute Gasteiger partial charge is 0.494 e. The molecular formula is C13H16ClNO. The van der Waals surface area contributed by atoms with Crippen LogP contribution in [-0.4, -0.2) is 6.61 Å². The lowest BCUT2D eigenvalue weighted by molar-refractivity contribution is 0.284. The van der Waals surface area contributed by atoms with E-state index in [1.54, 1.807) is 12.1 Å². The first kappa shape index (κ1) is 12.9. The van der Waals surface area contributed by atoms with Gasteiger partial charge in [0.15, 0.2) is 0 Å². The maximum absolute atomic E-state index is 8.84. The summed E-state index contributed by atoms with van der Waals surface area (Å²) >= 11 is 5.76. The molecule has 0 atom stereocenters. The van der Waals surface area contributed by atoms with Gasteiger partial charge < -0.3 is 4.74 Å². The molecule has 0 aliphatic heterocycles. The predicted octanol–water partition coefficient (Wildman–Crippen LogP) is 4.05. The van der Waals surface area contributed by atoms with Gasteiger partial charge >= 0.3 is 0 Å². The maximum atomic E-state index is 8.84. The van der Waals surface area contributed by atoms with Gasteiger partial charge in [-0.25, -0.2) is 0 Å². The first-order valence-electron chi connectivity index (χ1n) is 5.33. The van der Waals surface area contributed by atoms with Crippen molar-refractivity contribution in [2.75, 3.05) is 6.61 Å². The molecule has 0 spiro atoms. The van der Waals surface area contributed by atoms with Crippen LogP contribution in [-0.2, 0) is 0 Å². The van der Waals surface area contributed by atoms with E-state index < -0.39 is 0 Å². The van der Waals surface area contributed by atoms with Crippen molar-refractivity contribution in [3.8, 4) is 11.8 Å². The first-order chi connectivity index (χ1) is 7.53. The van der Waals surface area contributed by atoms with E-state index in [2.05, 4.69) is 6.07 Å². The number of nitrogens with zero attached hydrogens (tertiary/aromatic N) is 1. The highest BCUT2D eigenvalue weighted by atomic mass is 35.5. The van der Waals surface area contributed by atoms with Crippen LogP contribution >= 0.6 is 11.6 Å². The van der Waals surface area contributed by atoms with Crippen LogP contribution in [0.3, 0.4) is 0 Å². The fourth-order valence-electron chi connectivity index (χ4n) is 1.29. The van der Waals surface area contributed by atoms with E-state index in [9.17, 15) is 0 Å². The molecule has 0 aromatic heterocycles. The van der Waals surface area contributed by atoms with Crippen LogP contribution in [0, 0.1) is 16.7 Å². The summed E-state index contributed by atoms with van der Waals surface area (Å²) in [5, 5.41) is 9.54. The van der Waals surface area contributed by atoms with E-state index in [1.807, 2.05) is 26.0 Å². The van der Waals surface area contributed by atoms with E-state index in [1.165, 1.54) is 0 Å². The molecule has 0 saturated heterocycles. The van der Waals surface area contributed by atoms with Crippen molar-refractivity contribution in [2.45, 2.75) is 26.7 Å². The molecule has 0 bridgehead atoms. The van der Waals surface area contributed by atoms with E-state index in [0.29, 0.717) is 11.6 Å². The molecule has 0 aliphatic rings. The van der Waals surface area contributed by atoms with Crippen LogP contribution in [0.15, 0.2) is 24.3 Å². The number of hydrogen-bond donors (Lipinski definition) is 0. The molecule has 1 aromatic carbocycles. The van der Waals surface area contributed by atoms with Crippen LogP contribution < -0.4 is 4.74 Å². The quantitative estimate of drug-likeness (QED) is 0.724. The van der Waals surface area contributed by atoms with Gasteiger partial charge in [-0.2, -0.15) is 5.26 Å². The van der Waals surface area contributed by atoms with Gasteiger partial charge in [-0.05, 0) is 51.0 Å². The van der Waals surface area contributed by atoms with E-state index in [0.717, 1.165) is 18.6 Å². The Kier molecular flexibility index (Phi) is 4.64. The molecule has 0 N–H and O–H groups in total. The summed E-state index contributed by atoms with van der Waals surface area (Å²) in [6.45, 7) is 4.51. The average molecular weight is 238 g/mol. The second-order valence-corrected chi connectivity index (χ2v) is 4.84. The highest BCUT2D eigenvalue weighted by Crippen LogP contribution is 2.21. The van der Waals surface area contributed by atoms with Crippen LogP contribution in [0.25, 0.3) is 0 Å². The molecule has 16 heavy (non-hydrogen) atoms. The zero-order chi connectivity index (χ0) is 12.0. The minimum Gasteiger partial charge on any atom is -0.494 e. The normalized spacial score (nSPS) is 10.9. The molecule has 0 unspecified atom stereocenters. The molecule has 0 heterocycles. The molecule has 1 rings (SSSR count). The minimum atomic E-state index is -0.261. The summed E-state index contributed by atoms with van der Waals surface area (Å²) < 4.78 is 5.53. The van der Waals surface area contributed by atoms with Crippen molar-refractivity contribution in [3.63, 3.8) is 0 Å². The summed E-state index contributed by atoms with van der Waals surface area (Å²) in [5.41, 5.74) is -0.261. The number of rotatable bonds is 5. The lowest BCUT2D eigenvalue weighted by Crippen LogP contribution is -2.10. The summed E-state index contributed by atoms with van der Waals surface area (Å²) in [6, 6.07) is 9.57. The van der Waals surface area contributed by atoms with Gasteiger partial charge in [-0.3, -0.25) is 0 Å². The van der Waals surface area contributed by atoms with Crippen LogP contribution in [0.5, 0.6) is 5.75 Å². The number of halogens is 1. The molecule has 0 amide bonds. The summed E-state index contributed by atoms with van der Waals surface area (Å²) in [6.07, 6.45) is 1.72. The zero-order valence-corrected chi connectivity index (χ0v) is 10.4. The number of hydrogen-bond acceptors (Lipinski definition) is 2. The minimum absolute atomic E-state index is 0.261. The Hall–Kier alpha value is -1.20. The SMILES string of the molecule is CC(C)(C#N)CCCOc1ccc(Cl)cc1. The van der Waals surface area contributed by atoms with Crippen LogP contribution in [0.4, 0.5) is 0 Å². The molecule has 0 saturated carbocycles. The fourth-order valence-corrected chi connectivity index (χ4v) is 1.42. The first-order valence-corrected chi connectivity index (χ1v) is 5.71. The molecule has 2 nitrogen and oxygen atoms in total. The Morgan fingerprint density at radius 3 is 2.50 bits per heavy atom. The van der Waals surface area contributed by atoms with Crippen molar-refractivity contribution >= 4 is 11.6 Å². The lowest BCUT2D eigenvalue weighted by atomic mass is 9.90. The molecule has 0 radical (unpaired) electrons. The second-order valence-electron chi connectivity index (χ2n) is 4.40. The highest BCUT2D eigenvalue weighted by Gasteiger charge is 2.15. The van der Waals surface area contributed by atoms with Gasteiger partial charge in [0.1, 0.15) is 5.75 Å². The van der Waals surface area contributed by atoms with Gasteiger partial charge in [0.2, 0.25) is 0 Å². The van der Waals surface area contributed by atoms with Crippen molar-refractivity contribution in [1.82, 2.24) is 0 Å². The second kappa shape index (κ2) is 5.77. The summed E-state index contributed by atoms with van der Waals surface area (Å²) in [7, 11) is 0. The molecule has 1 aromatic rings. The molecule has 0 fully saturated rings. The molecular weight excluding hydrogens is 222 g/mol. The van der Waals surface area contributed by atoms with Gasteiger partial charge in [0.25, 0.3) is 0 Å². The Bertz CT molecular complexity index is 365. The molecule has 0 aliphatic carbocycles. The number of benzene rings is 1. The average Bonchev–Trinajstić information content (AvgIpc) is 2.27. The summed E-state index contributed by atoms with van der Waals surface area (Å²) in [4.78, 5) is 0. The van der Waals surface area contributed by atoms with Gasteiger partial charge in [-0.1, -0.05) is 11.6 Å². The van der Waals surface area contributed by atoms with Crippen molar-refractivity contribution in [3.05, 3.63) is 29.3 Å². The monoisotopic (exact) mass is 237 g/mol. The van der Waals surface area contributed by atoms with Crippen LogP contribution in [0.2, 0.25) is 5.02 Å².